The molecule has 0 spiro atoms. The first-order valence-corrected chi connectivity index (χ1v) is 9.84. The van der Waals surface area contributed by atoms with Gasteiger partial charge in [0, 0.05) is 50.2 Å². The zero-order valence-corrected chi connectivity index (χ0v) is 16.5. The van der Waals surface area contributed by atoms with E-state index in [1.165, 1.54) is 12.1 Å². The van der Waals surface area contributed by atoms with Crippen molar-refractivity contribution in [3.63, 3.8) is 0 Å². The van der Waals surface area contributed by atoms with Crippen molar-refractivity contribution in [2.24, 2.45) is 0 Å². The van der Waals surface area contributed by atoms with Gasteiger partial charge in [-0.25, -0.2) is 14.4 Å². The van der Waals surface area contributed by atoms with E-state index in [-0.39, 0.29) is 18.1 Å². The first kappa shape index (κ1) is 19.1. The van der Waals surface area contributed by atoms with E-state index in [0.717, 1.165) is 37.6 Å². The van der Waals surface area contributed by atoms with E-state index in [0.29, 0.717) is 22.5 Å². The highest BCUT2D eigenvalue weighted by Gasteiger charge is 2.15. The zero-order chi connectivity index (χ0) is 21.2. The van der Waals surface area contributed by atoms with Crippen LogP contribution in [0.2, 0.25) is 0 Å². The minimum atomic E-state index is -0.462. The summed E-state index contributed by atoms with van der Waals surface area (Å²) >= 11 is 0. The average Bonchev–Trinajstić information content (AvgIpc) is 3.27. The summed E-state index contributed by atoms with van der Waals surface area (Å²) in [6.45, 7) is 3.52. The molecule has 1 aliphatic rings. The molecule has 0 unspecified atom stereocenters. The highest BCUT2D eigenvalue weighted by molar-refractivity contribution is 5.78. The molecule has 5 rings (SSSR count). The van der Waals surface area contributed by atoms with Gasteiger partial charge in [-0.15, -0.1) is 5.10 Å². The van der Waals surface area contributed by atoms with Crippen molar-refractivity contribution in [1.82, 2.24) is 35.7 Å². The summed E-state index contributed by atoms with van der Waals surface area (Å²) in [5.74, 6) is 1.00. The molecule has 1 saturated heterocycles. The van der Waals surface area contributed by atoms with E-state index in [9.17, 15) is 4.39 Å². The minimum absolute atomic E-state index is 0.0834. The predicted molar refractivity (Wildman–Crippen MR) is 113 cm³/mol. The number of pyridine rings is 3. The third-order valence-corrected chi connectivity index (χ3v) is 5.08. The number of nitrogens with two attached hydrogens (primary N) is 1. The summed E-state index contributed by atoms with van der Waals surface area (Å²) in [5.41, 5.74) is 8.21. The summed E-state index contributed by atoms with van der Waals surface area (Å²) in [6, 6.07) is 6.78. The summed E-state index contributed by atoms with van der Waals surface area (Å²) in [5, 5.41) is 13.7. The average molecular weight is 421 g/mol. The molecule has 10 nitrogen and oxygen atoms in total. The fourth-order valence-corrected chi connectivity index (χ4v) is 3.48. The molecule has 0 aliphatic carbocycles. The van der Waals surface area contributed by atoms with Gasteiger partial charge in [0.25, 0.3) is 0 Å². The molecule has 5 heterocycles. The third kappa shape index (κ3) is 3.94. The second kappa shape index (κ2) is 8.11. The Balaban J connectivity index is 1.35. The Hall–Kier alpha value is -3.86. The van der Waals surface area contributed by atoms with Crippen molar-refractivity contribution < 1.29 is 9.13 Å². The summed E-state index contributed by atoms with van der Waals surface area (Å²) in [4.78, 5) is 15.0. The van der Waals surface area contributed by atoms with Crippen molar-refractivity contribution in [2.45, 2.75) is 6.61 Å². The Morgan fingerprint density at radius 3 is 2.81 bits per heavy atom. The molecule has 4 aromatic heterocycles. The number of H-pyrrole nitrogens is 1. The van der Waals surface area contributed by atoms with E-state index in [1.54, 1.807) is 12.4 Å². The maximum atomic E-state index is 14.8. The van der Waals surface area contributed by atoms with Gasteiger partial charge in [0.05, 0.1) is 0 Å². The fraction of sp³-hybridized carbons (Fsp3) is 0.250. The summed E-state index contributed by atoms with van der Waals surface area (Å²) in [7, 11) is 0. The van der Waals surface area contributed by atoms with Crippen LogP contribution in [0.25, 0.3) is 22.3 Å². The monoisotopic (exact) mass is 421 g/mol. The summed E-state index contributed by atoms with van der Waals surface area (Å²) in [6.07, 6.45) is 3.36. The highest BCUT2D eigenvalue weighted by Crippen LogP contribution is 2.26. The molecule has 4 N–H and O–H groups in total. The maximum Gasteiger partial charge on any atom is 0.207 e. The van der Waals surface area contributed by atoms with Gasteiger partial charge in [0.2, 0.25) is 5.65 Å². The van der Waals surface area contributed by atoms with Crippen molar-refractivity contribution in [2.75, 3.05) is 36.8 Å². The number of rotatable bonds is 5. The molecule has 11 heteroatoms. The van der Waals surface area contributed by atoms with Crippen LogP contribution in [0.5, 0.6) is 5.75 Å². The lowest BCUT2D eigenvalue weighted by Gasteiger charge is -2.28. The number of hydrogen-bond donors (Lipinski definition) is 3. The van der Waals surface area contributed by atoms with E-state index in [2.05, 4.69) is 40.6 Å². The van der Waals surface area contributed by atoms with Crippen LogP contribution in [-0.2, 0) is 6.61 Å². The SMILES string of the molecule is Nc1cc(OCc2ncc(-c3ccnc(N4CCNCC4)c3)cc2F)c2n[nH]nc2n1. The number of nitrogen functional groups attached to an aromatic ring is 1. The van der Waals surface area contributed by atoms with Crippen LogP contribution in [-0.4, -0.2) is 56.5 Å². The Kier molecular flexibility index (Phi) is 5.00. The van der Waals surface area contributed by atoms with Gasteiger partial charge >= 0.3 is 0 Å². The number of aromatic nitrogens is 6. The van der Waals surface area contributed by atoms with Gasteiger partial charge in [-0.2, -0.15) is 10.3 Å². The minimum Gasteiger partial charge on any atom is -0.485 e. The molecule has 1 aliphatic heterocycles. The van der Waals surface area contributed by atoms with Crippen molar-refractivity contribution in [3.8, 4) is 16.9 Å². The van der Waals surface area contributed by atoms with Crippen LogP contribution >= 0.6 is 0 Å². The van der Waals surface area contributed by atoms with Crippen molar-refractivity contribution >= 4 is 22.8 Å². The van der Waals surface area contributed by atoms with E-state index in [1.807, 2.05) is 12.1 Å². The van der Waals surface area contributed by atoms with Gasteiger partial charge in [0.1, 0.15) is 29.8 Å². The second-order valence-corrected chi connectivity index (χ2v) is 7.12. The second-order valence-electron chi connectivity index (χ2n) is 7.12. The fourth-order valence-electron chi connectivity index (χ4n) is 3.48. The Labute approximate surface area is 176 Å². The lowest BCUT2D eigenvalue weighted by atomic mass is 10.1. The Bertz CT molecular complexity index is 1220. The third-order valence-electron chi connectivity index (χ3n) is 5.08. The lowest BCUT2D eigenvalue weighted by molar-refractivity contribution is 0.297. The molecule has 31 heavy (non-hydrogen) atoms. The smallest absolute Gasteiger partial charge is 0.207 e. The molecule has 0 atom stereocenters. The standard InChI is InChI=1S/C20H20FN9O/c21-14-7-13(12-1-2-24-18(8-12)30-5-3-23-4-6-30)10-25-15(14)11-31-16-9-17(22)26-20-19(16)27-29-28-20/h1-2,7-10,23H,3-6,11H2,(H3,22,26,27,28,29). The van der Waals surface area contributed by atoms with Crippen LogP contribution in [0.3, 0.4) is 0 Å². The summed E-state index contributed by atoms with van der Waals surface area (Å²) < 4.78 is 20.5. The van der Waals surface area contributed by atoms with Gasteiger partial charge in [-0.05, 0) is 23.8 Å². The van der Waals surface area contributed by atoms with Gasteiger partial charge < -0.3 is 20.7 Å². The molecule has 0 saturated carbocycles. The number of aromatic amines is 1. The first-order chi connectivity index (χ1) is 15.2. The highest BCUT2D eigenvalue weighted by atomic mass is 19.1. The van der Waals surface area contributed by atoms with E-state index in [4.69, 9.17) is 10.5 Å². The number of ether oxygens (including phenoxy) is 1. The number of piperazine rings is 1. The van der Waals surface area contributed by atoms with Crippen LogP contribution in [0.15, 0.2) is 36.7 Å². The molecular formula is C20H20FN9O. The quantitative estimate of drug-likeness (QED) is 0.439. The zero-order valence-electron chi connectivity index (χ0n) is 16.5. The van der Waals surface area contributed by atoms with Crippen LogP contribution < -0.4 is 20.7 Å². The van der Waals surface area contributed by atoms with Gasteiger partial charge in [-0.1, -0.05) is 0 Å². The Morgan fingerprint density at radius 2 is 1.97 bits per heavy atom. The van der Waals surface area contributed by atoms with Crippen LogP contribution in [0, 0.1) is 5.82 Å². The van der Waals surface area contributed by atoms with E-state index >= 15 is 0 Å². The van der Waals surface area contributed by atoms with Crippen LogP contribution in [0.1, 0.15) is 5.69 Å². The van der Waals surface area contributed by atoms with Crippen molar-refractivity contribution in [3.05, 3.63) is 48.2 Å². The molecule has 0 bridgehead atoms. The predicted octanol–water partition coefficient (Wildman–Crippen LogP) is 1.52. The van der Waals surface area contributed by atoms with E-state index < -0.39 is 5.82 Å². The lowest BCUT2D eigenvalue weighted by Crippen LogP contribution is -2.43. The normalized spacial score (nSPS) is 14.2. The molecular weight excluding hydrogens is 401 g/mol. The number of nitrogens with zero attached hydrogens (tertiary/aromatic N) is 6. The number of nitrogens with one attached hydrogen (secondary N) is 2. The molecule has 4 aromatic rings. The first-order valence-electron chi connectivity index (χ1n) is 9.84. The largest absolute Gasteiger partial charge is 0.485 e. The molecule has 0 amide bonds. The van der Waals surface area contributed by atoms with Crippen LogP contribution in [0.4, 0.5) is 16.0 Å². The molecule has 1 fully saturated rings. The maximum absolute atomic E-state index is 14.8. The number of hydrogen-bond acceptors (Lipinski definition) is 9. The molecule has 0 radical (unpaired) electrons. The topological polar surface area (TPSA) is 131 Å². The molecule has 0 aromatic carbocycles. The number of fused-ring (bicyclic) bond motifs is 1. The van der Waals surface area contributed by atoms with Gasteiger partial charge in [-0.3, -0.25) is 4.98 Å². The Morgan fingerprint density at radius 1 is 1.10 bits per heavy atom. The van der Waals surface area contributed by atoms with Gasteiger partial charge in [0.15, 0.2) is 11.3 Å². The number of anilines is 2. The molecule has 158 valence electrons. The van der Waals surface area contributed by atoms with Crippen molar-refractivity contribution in [1.29, 1.82) is 0 Å². The number of halogens is 1.